The van der Waals surface area contributed by atoms with E-state index in [1.807, 2.05) is 0 Å². The van der Waals surface area contributed by atoms with E-state index in [-0.39, 0.29) is 16.7 Å². The van der Waals surface area contributed by atoms with E-state index in [9.17, 15) is 13.2 Å². The first kappa shape index (κ1) is 17.9. The quantitative estimate of drug-likeness (QED) is 0.826. The fourth-order valence-electron chi connectivity index (χ4n) is 2.77. The number of amides is 1. The third kappa shape index (κ3) is 5.30. The average molecular weight is 339 g/mol. The molecular formula is C16H25N3O3S. The minimum atomic E-state index is -3.70. The van der Waals surface area contributed by atoms with Crippen LogP contribution in [0.1, 0.15) is 32.6 Å². The summed E-state index contributed by atoms with van der Waals surface area (Å²) in [6.45, 7) is 5.21. The number of likely N-dealkylation sites (tertiary alicyclic amines) is 1. The molecule has 6 nitrogen and oxygen atoms in total. The number of benzene rings is 1. The van der Waals surface area contributed by atoms with Gasteiger partial charge in [-0.3, -0.25) is 4.79 Å². The number of hydrogen-bond donors (Lipinski definition) is 2. The maximum Gasteiger partial charge on any atom is 0.238 e. The summed E-state index contributed by atoms with van der Waals surface area (Å²) in [7, 11) is -3.70. The molecule has 1 fully saturated rings. The zero-order valence-electron chi connectivity index (χ0n) is 13.5. The van der Waals surface area contributed by atoms with Gasteiger partial charge in [0.25, 0.3) is 0 Å². The van der Waals surface area contributed by atoms with E-state index in [1.165, 1.54) is 25.0 Å². The van der Waals surface area contributed by atoms with Gasteiger partial charge in [-0.25, -0.2) is 13.6 Å². The van der Waals surface area contributed by atoms with E-state index >= 15 is 0 Å². The molecule has 1 aliphatic heterocycles. The van der Waals surface area contributed by atoms with E-state index in [4.69, 9.17) is 5.14 Å². The lowest BCUT2D eigenvalue weighted by molar-refractivity contribution is -0.121. The van der Waals surface area contributed by atoms with Gasteiger partial charge >= 0.3 is 0 Å². The lowest BCUT2D eigenvalue weighted by Crippen LogP contribution is -2.38. The summed E-state index contributed by atoms with van der Waals surface area (Å²) in [5, 5.41) is 7.91. The van der Waals surface area contributed by atoms with Crippen LogP contribution in [0.2, 0.25) is 0 Å². The van der Waals surface area contributed by atoms with Crippen LogP contribution in [0.15, 0.2) is 29.2 Å². The lowest BCUT2D eigenvalue weighted by Gasteiger charge is -2.31. The van der Waals surface area contributed by atoms with Crippen molar-refractivity contribution < 1.29 is 13.2 Å². The van der Waals surface area contributed by atoms with Crippen molar-refractivity contribution in [3.8, 4) is 0 Å². The van der Waals surface area contributed by atoms with E-state index in [2.05, 4.69) is 17.1 Å². The second-order valence-electron chi connectivity index (χ2n) is 6.03. The Morgan fingerprint density at radius 3 is 2.39 bits per heavy atom. The first-order valence-electron chi connectivity index (χ1n) is 8.06. The smallest absolute Gasteiger partial charge is 0.238 e. The van der Waals surface area contributed by atoms with Gasteiger partial charge in [0.05, 0.1) is 4.90 Å². The predicted molar refractivity (Wildman–Crippen MR) is 90.5 cm³/mol. The Morgan fingerprint density at radius 2 is 1.87 bits per heavy atom. The molecule has 1 aromatic rings. The summed E-state index contributed by atoms with van der Waals surface area (Å²) in [6.07, 6.45) is 4.12. The van der Waals surface area contributed by atoms with Crippen LogP contribution >= 0.6 is 0 Å². The molecule has 23 heavy (non-hydrogen) atoms. The molecule has 2 rings (SSSR count). The lowest BCUT2D eigenvalue weighted by atomic mass is 9.95. The van der Waals surface area contributed by atoms with Crippen molar-refractivity contribution in [1.29, 1.82) is 0 Å². The van der Waals surface area contributed by atoms with Crippen molar-refractivity contribution in [2.24, 2.45) is 11.1 Å². The Bertz CT molecular complexity index is 620. The molecule has 0 bridgehead atoms. The number of carbonyl (C=O) groups is 1. The molecule has 1 amide bonds. The van der Waals surface area contributed by atoms with Gasteiger partial charge in [0.15, 0.2) is 0 Å². The highest BCUT2D eigenvalue weighted by Crippen LogP contribution is 2.20. The number of hydrogen-bond acceptors (Lipinski definition) is 4. The molecule has 7 heteroatoms. The van der Waals surface area contributed by atoms with E-state index in [0.29, 0.717) is 5.69 Å². The first-order valence-corrected chi connectivity index (χ1v) is 9.61. The van der Waals surface area contributed by atoms with Crippen LogP contribution in [0, 0.1) is 5.92 Å². The van der Waals surface area contributed by atoms with E-state index < -0.39 is 10.0 Å². The number of carbonyl (C=O) groups excluding carboxylic acids is 1. The number of unbranched alkanes of at least 4 members (excludes halogenated alkanes) is 1. The van der Waals surface area contributed by atoms with Crippen molar-refractivity contribution in [3.63, 3.8) is 0 Å². The summed E-state index contributed by atoms with van der Waals surface area (Å²) in [4.78, 5) is 14.7. The summed E-state index contributed by atoms with van der Waals surface area (Å²) in [5.74, 6) is 0.0225. The third-order valence-electron chi connectivity index (χ3n) is 4.24. The van der Waals surface area contributed by atoms with Crippen LogP contribution in [0.25, 0.3) is 0 Å². The summed E-state index contributed by atoms with van der Waals surface area (Å²) >= 11 is 0. The molecule has 1 aliphatic rings. The fourth-order valence-corrected chi connectivity index (χ4v) is 3.29. The van der Waals surface area contributed by atoms with Crippen LogP contribution < -0.4 is 10.5 Å². The standard InChI is InChI=1S/C16H25N3O3S/c1-2-3-10-19-11-8-13(9-12-19)16(20)18-14-4-6-15(7-5-14)23(17,21)22/h4-7,13H,2-3,8-12H2,1H3,(H,18,20)(H2,17,21,22). The number of nitrogens with zero attached hydrogens (tertiary/aromatic N) is 1. The maximum absolute atomic E-state index is 12.3. The molecule has 0 aromatic heterocycles. The number of sulfonamides is 1. The maximum atomic E-state index is 12.3. The van der Waals surface area contributed by atoms with Gasteiger partial charge in [0, 0.05) is 11.6 Å². The molecule has 1 aromatic carbocycles. The number of anilines is 1. The summed E-state index contributed by atoms with van der Waals surface area (Å²) < 4.78 is 22.4. The highest BCUT2D eigenvalue weighted by molar-refractivity contribution is 7.89. The molecular weight excluding hydrogens is 314 g/mol. The van der Waals surface area contributed by atoms with Crippen LogP contribution in [-0.2, 0) is 14.8 Å². The molecule has 0 radical (unpaired) electrons. The largest absolute Gasteiger partial charge is 0.326 e. The molecule has 1 saturated heterocycles. The molecule has 1 heterocycles. The Kier molecular flexibility index (Phi) is 6.15. The second kappa shape index (κ2) is 7.90. The van der Waals surface area contributed by atoms with Gasteiger partial charge in [-0.15, -0.1) is 0 Å². The van der Waals surface area contributed by atoms with Gasteiger partial charge in [-0.1, -0.05) is 13.3 Å². The molecule has 0 spiro atoms. The average Bonchev–Trinajstić information content (AvgIpc) is 2.53. The Balaban J connectivity index is 1.85. The van der Waals surface area contributed by atoms with Gasteiger partial charge in [0.1, 0.15) is 0 Å². The minimum absolute atomic E-state index is 0.00324. The van der Waals surface area contributed by atoms with E-state index in [1.54, 1.807) is 12.1 Å². The van der Waals surface area contributed by atoms with Crippen LogP contribution in [-0.4, -0.2) is 38.9 Å². The SMILES string of the molecule is CCCCN1CCC(C(=O)Nc2ccc(S(N)(=O)=O)cc2)CC1. The molecule has 3 N–H and O–H groups in total. The van der Waals surface area contributed by atoms with Crippen LogP contribution in [0.4, 0.5) is 5.69 Å². The topological polar surface area (TPSA) is 92.5 Å². The molecule has 0 saturated carbocycles. The minimum Gasteiger partial charge on any atom is -0.326 e. The van der Waals surface area contributed by atoms with E-state index in [0.717, 1.165) is 32.5 Å². The number of piperidine rings is 1. The highest BCUT2D eigenvalue weighted by Gasteiger charge is 2.24. The molecule has 0 atom stereocenters. The molecule has 0 unspecified atom stereocenters. The van der Waals surface area contributed by atoms with Crippen LogP contribution in [0.5, 0.6) is 0 Å². The van der Waals surface area contributed by atoms with Crippen molar-refractivity contribution in [2.75, 3.05) is 25.0 Å². The summed E-state index contributed by atoms with van der Waals surface area (Å²) in [6, 6.07) is 5.93. The van der Waals surface area contributed by atoms with Gasteiger partial charge in [-0.2, -0.15) is 0 Å². The zero-order chi connectivity index (χ0) is 16.9. The molecule has 128 valence electrons. The number of nitrogens with two attached hydrogens (primary N) is 1. The number of rotatable bonds is 6. The fraction of sp³-hybridized carbons (Fsp3) is 0.562. The Labute approximate surface area is 138 Å². The summed E-state index contributed by atoms with van der Waals surface area (Å²) in [5.41, 5.74) is 0.593. The Morgan fingerprint density at radius 1 is 1.26 bits per heavy atom. The monoisotopic (exact) mass is 339 g/mol. The van der Waals surface area contributed by atoms with Crippen molar-refractivity contribution in [2.45, 2.75) is 37.5 Å². The third-order valence-corrected chi connectivity index (χ3v) is 5.17. The van der Waals surface area contributed by atoms with Crippen molar-refractivity contribution in [1.82, 2.24) is 4.90 Å². The number of primary sulfonamides is 1. The van der Waals surface area contributed by atoms with Gasteiger partial charge < -0.3 is 10.2 Å². The normalized spacial score (nSPS) is 17.1. The van der Waals surface area contributed by atoms with Crippen LogP contribution in [0.3, 0.4) is 0 Å². The zero-order valence-corrected chi connectivity index (χ0v) is 14.3. The molecule has 0 aliphatic carbocycles. The van der Waals surface area contributed by atoms with Gasteiger partial charge in [0.2, 0.25) is 15.9 Å². The number of nitrogens with one attached hydrogen (secondary N) is 1. The first-order chi connectivity index (χ1) is 10.9. The van der Waals surface area contributed by atoms with Crippen molar-refractivity contribution in [3.05, 3.63) is 24.3 Å². The second-order valence-corrected chi connectivity index (χ2v) is 7.59. The highest BCUT2D eigenvalue weighted by atomic mass is 32.2. The predicted octanol–water partition coefficient (Wildman–Crippen LogP) is 1.78. The van der Waals surface area contributed by atoms with Gasteiger partial charge in [-0.05, 0) is 63.2 Å². The van der Waals surface area contributed by atoms with Crippen molar-refractivity contribution >= 4 is 21.6 Å². The Hall–Kier alpha value is -1.44.